The Kier molecular flexibility index (Phi) is 3.14. The summed E-state index contributed by atoms with van der Waals surface area (Å²) in [5.74, 6) is 0.833. The van der Waals surface area contributed by atoms with Crippen molar-refractivity contribution in [1.82, 2.24) is 0 Å². The third-order valence-electron chi connectivity index (χ3n) is 1.57. The summed E-state index contributed by atoms with van der Waals surface area (Å²) >= 11 is 0. The predicted octanol–water partition coefficient (Wildman–Crippen LogP) is 1.70. The number of rotatable bonds is 3. The summed E-state index contributed by atoms with van der Waals surface area (Å²) in [4.78, 5) is 0. The Morgan fingerprint density at radius 3 is 2.58 bits per heavy atom. The number of nitrogens with zero attached hydrogens (tertiary/aromatic N) is 1. The summed E-state index contributed by atoms with van der Waals surface area (Å²) in [6, 6.07) is 7.61. The number of methoxy groups -OCH3 is 1. The second kappa shape index (κ2) is 4.38. The minimum absolute atomic E-state index is 0.639. The van der Waals surface area contributed by atoms with Crippen molar-refractivity contribution in [2.24, 2.45) is 5.16 Å². The highest BCUT2D eigenvalue weighted by molar-refractivity contribution is 5.60. The van der Waals surface area contributed by atoms with Crippen molar-refractivity contribution in [3.8, 4) is 5.75 Å². The Balaban J connectivity index is 2.64. The first-order valence-corrected chi connectivity index (χ1v) is 3.65. The van der Waals surface area contributed by atoms with E-state index in [4.69, 9.17) is 9.94 Å². The zero-order valence-electron chi connectivity index (χ0n) is 6.90. The van der Waals surface area contributed by atoms with E-state index in [2.05, 4.69) is 5.16 Å². The van der Waals surface area contributed by atoms with Crippen LogP contribution in [0.3, 0.4) is 0 Å². The standard InChI is InChI=1S/C9H11NO2/c1-12-9-4-2-8(3-5-9)6-7-10-11/h2-5,7,11H,6H2,1H3/b10-7-. The molecule has 0 aliphatic carbocycles. The molecule has 1 aromatic rings. The van der Waals surface area contributed by atoms with E-state index in [0.717, 1.165) is 11.3 Å². The van der Waals surface area contributed by atoms with Gasteiger partial charge in [0.1, 0.15) is 5.75 Å². The molecule has 0 aliphatic rings. The topological polar surface area (TPSA) is 41.8 Å². The van der Waals surface area contributed by atoms with Crippen LogP contribution in [-0.4, -0.2) is 18.5 Å². The average molecular weight is 165 g/mol. The van der Waals surface area contributed by atoms with Gasteiger partial charge in [0.25, 0.3) is 0 Å². The van der Waals surface area contributed by atoms with Crippen molar-refractivity contribution in [3.05, 3.63) is 29.8 Å². The van der Waals surface area contributed by atoms with Crippen molar-refractivity contribution in [2.45, 2.75) is 6.42 Å². The van der Waals surface area contributed by atoms with E-state index in [1.807, 2.05) is 24.3 Å². The molecule has 0 radical (unpaired) electrons. The van der Waals surface area contributed by atoms with E-state index < -0.39 is 0 Å². The van der Waals surface area contributed by atoms with Crippen molar-refractivity contribution < 1.29 is 9.94 Å². The van der Waals surface area contributed by atoms with Gasteiger partial charge in [0.2, 0.25) is 0 Å². The lowest BCUT2D eigenvalue weighted by atomic mass is 10.2. The molecule has 0 unspecified atom stereocenters. The molecule has 0 heterocycles. The Hall–Kier alpha value is -1.51. The van der Waals surface area contributed by atoms with Gasteiger partial charge in [-0.25, -0.2) is 0 Å². The Bertz CT molecular complexity index is 254. The zero-order chi connectivity index (χ0) is 8.81. The third-order valence-corrected chi connectivity index (χ3v) is 1.57. The summed E-state index contributed by atoms with van der Waals surface area (Å²) in [6.07, 6.45) is 2.09. The molecule has 0 bridgehead atoms. The molecule has 0 saturated carbocycles. The second-order valence-electron chi connectivity index (χ2n) is 2.35. The highest BCUT2D eigenvalue weighted by Gasteiger charge is 1.91. The maximum absolute atomic E-state index is 8.17. The first kappa shape index (κ1) is 8.59. The fourth-order valence-electron chi connectivity index (χ4n) is 0.908. The lowest BCUT2D eigenvalue weighted by Crippen LogP contribution is -1.87. The van der Waals surface area contributed by atoms with Gasteiger partial charge in [-0.15, -0.1) is 5.16 Å². The molecule has 1 aromatic carbocycles. The Labute approximate surface area is 71.3 Å². The van der Waals surface area contributed by atoms with Gasteiger partial charge in [-0.2, -0.15) is 0 Å². The van der Waals surface area contributed by atoms with E-state index in [1.165, 1.54) is 6.21 Å². The zero-order valence-corrected chi connectivity index (χ0v) is 6.90. The van der Waals surface area contributed by atoms with E-state index >= 15 is 0 Å². The van der Waals surface area contributed by atoms with Gasteiger partial charge in [-0.3, -0.25) is 0 Å². The number of oxime groups is 1. The molecular formula is C9H11NO2. The first-order valence-electron chi connectivity index (χ1n) is 3.65. The van der Waals surface area contributed by atoms with Crippen LogP contribution in [0.25, 0.3) is 0 Å². The van der Waals surface area contributed by atoms with Gasteiger partial charge < -0.3 is 9.94 Å². The molecule has 12 heavy (non-hydrogen) atoms. The van der Waals surface area contributed by atoms with Crippen LogP contribution in [0, 0.1) is 0 Å². The minimum Gasteiger partial charge on any atom is -0.497 e. The summed E-state index contributed by atoms with van der Waals surface area (Å²) in [6.45, 7) is 0. The monoisotopic (exact) mass is 165 g/mol. The number of hydrogen-bond acceptors (Lipinski definition) is 3. The van der Waals surface area contributed by atoms with Crippen molar-refractivity contribution in [2.75, 3.05) is 7.11 Å². The van der Waals surface area contributed by atoms with Crippen LogP contribution in [0.1, 0.15) is 5.56 Å². The van der Waals surface area contributed by atoms with Gasteiger partial charge in [-0.05, 0) is 17.7 Å². The van der Waals surface area contributed by atoms with Crippen LogP contribution in [0.2, 0.25) is 0 Å². The van der Waals surface area contributed by atoms with Crippen molar-refractivity contribution >= 4 is 6.21 Å². The number of ether oxygens (including phenoxy) is 1. The Morgan fingerprint density at radius 2 is 2.08 bits per heavy atom. The lowest BCUT2D eigenvalue weighted by Gasteiger charge is -1.99. The summed E-state index contributed by atoms with van der Waals surface area (Å²) in [5.41, 5.74) is 1.09. The highest BCUT2D eigenvalue weighted by atomic mass is 16.5. The van der Waals surface area contributed by atoms with Crippen molar-refractivity contribution in [3.63, 3.8) is 0 Å². The minimum atomic E-state index is 0.639. The third kappa shape index (κ3) is 2.27. The molecule has 0 fully saturated rings. The maximum Gasteiger partial charge on any atom is 0.118 e. The molecule has 64 valence electrons. The predicted molar refractivity (Wildman–Crippen MR) is 47.0 cm³/mol. The molecule has 3 heteroatoms. The molecule has 0 atom stereocenters. The smallest absolute Gasteiger partial charge is 0.118 e. The molecule has 0 aromatic heterocycles. The molecule has 0 amide bonds. The molecule has 0 saturated heterocycles. The number of benzene rings is 1. The second-order valence-corrected chi connectivity index (χ2v) is 2.35. The molecule has 0 spiro atoms. The molecule has 3 nitrogen and oxygen atoms in total. The van der Waals surface area contributed by atoms with Gasteiger partial charge in [-0.1, -0.05) is 12.1 Å². The summed E-state index contributed by atoms with van der Waals surface area (Å²) in [5, 5.41) is 11.1. The van der Waals surface area contributed by atoms with Crippen molar-refractivity contribution in [1.29, 1.82) is 0 Å². The van der Waals surface area contributed by atoms with Crippen LogP contribution < -0.4 is 4.74 Å². The molecular weight excluding hydrogens is 154 g/mol. The normalized spacial score (nSPS) is 10.4. The van der Waals surface area contributed by atoms with E-state index in [9.17, 15) is 0 Å². The van der Waals surface area contributed by atoms with Gasteiger partial charge >= 0.3 is 0 Å². The van der Waals surface area contributed by atoms with E-state index in [-0.39, 0.29) is 0 Å². The fourth-order valence-corrected chi connectivity index (χ4v) is 0.908. The quantitative estimate of drug-likeness (QED) is 0.420. The summed E-state index contributed by atoms with van der Waals surface area (Å²) < 4.78 is 4.99. The summed E-state index contributed by atoms with van der Waals surface area (Å²) in [7, 11) is 1.63. The van der Waals surface area contributed by atoms with Crippen LogP contribution in [0.5, 0.6) is 5.75 Å². The van der Waals surface area contributed by atoms with Gasteiger partial charge in [0, 0.05) is 12.6 Å². The molecule has 1 rings (SSSR count). The van der Waals surface area contributed by atoms with Gasteiger partial charge in [0.05, 0.1) is 7.11 Å². The number of hydrogen-bond donors (Lipinski definition) is 1. The fraction of sp³-hybridized carbons (Fsp3) is 0.222. The molecule has 1 N–H and O–H groups in total. The largest absolute Gasteiger partial charge is 0.497 e. The lowest BCUT2D eigenvalue weighted by molar-refractivity contribution is 0.321. The molecule has 0 aliphatic heterocycles. The average Bonchev–Trinajstić information content (AvgIpc) is 2.15. The van der Waals surface area contributed by atoms with Crippen LogP contribution >= 0.6 is 0 Å². The van der Waals surface area contributed by atoms with Gasteiger partial charge in [0.15, 0.2) is 0 Å². The highest BCUT2D eigenvalue weighted by Crippen LogP contribution is 2.10. The van der Waals surface area contributed by atoms with Crippen LogP contribution in [0.15, 0.2) is 29.4 Å². The van der Waals surface area contributed by atoms with Crippen LogP contribution in [-0.2, 0) is 6.42 Å². The Morgan fingerprint density at radius 1 is 1.42 bits per heavy atom. The SMILES string of the molecule is COc1ccc(C/C=N\O)cc1. The van der Waals surface area contributed by atoms with E-state index in [0.29, 0.717) is 6.42 Å². The van der Waals surface area contributed by atoms with Crippen LogP contribution in [0.4, 0.5) is 0 Å². The maximum atomic E-state index is 8.17. The van der Waals surface area contributed by atoms with E-state index in [1.54, 1.807) is 7.11 Å². The first-order chi connectivity index (χ1) is 5.86.